The topological polar surface area (TPSA) is 28.6 Å². The van der Waals surface area contributed by atoms with Gasteiger partial charge in [-0.2, -0.15) is 0 Å². The number of pyridine rings is 1. The summed E-state index contributed by atoms with van der Waals surface area (Å²) in [6, 6.07) is 17.5. The lowest BCUT2D eigenvalue weighted by Gasteiger charge is -2.35. The highest BCUT2D eigenvalue weighted by Crippen LogP contribution is 2.41. The Morgan fingerprint density at radius 3 is 2.60 bits per heavy atom. The van der Waals surface area contributed by atoms with Crippen molar-refractivity contribution in [2.45, 2.75) is 33.1 Å². The molecule has 0 amide bonds. The molecule has 0 bridgehead atoms. The van der Waals surface area contributed by atoms with Crippen molar-refractivity contribution in [3.8, 4) is 5.75 Å². The Hall–Kier alpha value is -2.59. The highest BCUT2D eigenvalue weighted by Gasteiger charge is 2.27. The van der Waals surface area contributed by atoms with Gasteiger partial charge in [0.2, 0.25) is 0 Å². The molecule has 4 nitrogen and oxygen atoms in total. The number of ether oxygens (including phenoxy) is 1. The average molecular weight is 404 g/mol. The van der Waals surface area contributed by atoms with Crippen LogP contribution < -0.4 is 9.64 Å². The molecule has 0 radical (unpaired) electrons. The van der Waals surface area contributed by atoms with Crippen LogP contribution in [0.3, 0.4) is 0 Å². The van der Waals surface area contributed by atoms with Gasteiger partial charge < -0.3 is 14.5 Å². The first-order valence-electron chi connectivity index (χ1n) is 10.8. The van der Waals surface area contributed by atoms with E-state index in [0.29, 0.717) is 5.92 Å². The van der Waals surface area contributed by atoms with E-state index in [2.05, 4.69) is 65.3 Å². The molecule has 1 aromatic heterocycles. The van der Waals surface area contributed by atoms with Gasteiger partial charge in [0.1, 0.15) is 11.6 Å². The van der Waals surface area contributed by atoms with Crippen molar-refractivity contribution in [3.63, 3.8) is 0 Å². The van der Waals surface area contributed by atoms with Crippen molar-refractivity contribution >= 4 is 16.6 Å². The number of benzene rings is 2. The van der Waals surface area contributed by atoms with Gasteiger partial charge >= 0.3 is 0 Å². The van der Waals surface area contributed by atoms with E-state index >= 15 is 0 Å². The minimum absolute atomic E-state index is 0. The van der Waals surface area contributed by atoms with Crippen LogP contribution in [0.1, 0.15) is 43.5 Å². The third kappa shape index (κ3) is 3.65. The van der Waals surface area contributed by atoms with Crippen molar-refractivity contribution in [2.75, 3.05) is 44.7 Å². The van der Waals surface area contributed by atoms with E-state index in [-0.39, 0.29) is 7.43 Å². The molecule has 0 saturated carbocycles. The molecule has 1 aliphatic heterocycles. The Morgan fingerprint density at radius 2 is 1.83 bits per heavy atom. The molecule has 0 spiro atoms. The molecule has 2 aromatic carbocycles. The summed E-state index contributed by atoms with van der Waals surface area (Å²) in [6.45, 7) is 7.69. The SMILES string of the molecule is C.CCN1CCN(c2nc(C3CCc4ccc(OC)cc43)cc3ccccc23)CC1. The van der Waals surface area contributed by atoms with Crippen LogP contribution in [0, 0.1) is 0 Å². The van der Waals surface area contributed by atoms with E-state index in [1.54, 1.807) is 7.11 Å². The molecule has 5 rings (SSSR count). The summed E-state index contributed by atoms with van der Waals surface area (Å²) in [5.74, 6) is 2.44. The second kappa shape index (κ2) is 8.65. The Bertz CT molecular complexity index is 1020. The first kappa shape index (κ1) is 20.7. The normalized spacial score (nSPS) is 18.9. The largest absolute Gasteiger partial charge is 0.497 e. The number of anilines is 1. The molecule has 0 N–H and O–H groups in total. The Balaban J connectivity index is 0.00000218. The summed E-state index contributed by atoms with van der Waals surface area (Å²) >= 11 is 0. The molecule has 1 aliphatic carbocycles. The summed E-state index contributed by atoms with van der Waals surface area (Å²) in [5, 5.41) is 2.56. The molecule has 2 aliphatic rings. The maximum Gasteiger partial charge on any atom is 0.136 e. The summed E-state index contributed by atoms with van der Waals surface area (Å²) in [7, 11) is 1.74. The predicted molar refractivity (Wildman–Crippen MR) is 126 cm³/mol. The van der Waals surface area contributed by atoms with Gasteiger partial charge in [0.25, 0.3) is 0 Å². The maximum atomic E-state index is 5.50. The zero-order chi connectivity index (χ0) is 19.8. The zero-order valence-corrected chi connectivity index (χ0v) is 17.4. The first-order chi connectivity index (χ1) is 14.3. The van der Waals surface area contributed by atoms with Gasteiger partial charge in [0.15, 0.2) is 0 Å². The van der Waals surface area contributed by atoms with Crippen LogP contribution in [0.5, 0.6) is 5.75 Å². The third-order valence-corrected chi connectivity index (χ3v) is 6.65. The second-order valence-corrected chi connectivity index (χ2v) is 8.17. The average Bonchev–Trinajstić information content (AvgIpc) is 3.21. The van der Waals surface area contributed by atoms with Gasteiger partial charge in [-0.15, -0.1) is 0 Å². The minimum atomic E-state index is 0. The molecule has 4 heteroatoms. The number of hydrogen-bond acceptors (Lipinski definition) is 4. The van der Waals surface area contributed by atoms with Gasteiger partial charge in [0.05, 0.1) is 12.8 Å². The smallest absolute Gasteiger partial charge is 0.136 e. The molecule has 1 unspecified atom stereocenters. The molecule has 3 aromatic rings. The molecule has 1 atom stereocenters. The molecule has 1 saturated heterocycles. The Morgan fingerprint density at radius 1 is 1.03 bits per heavy atom. The fourth-order valence-corrected chi connectivity index (χ4v) is 4.91. The van der Waals surface area contributed by atoms with Gasteiger partial charge in [-0.3, -0.25) is 0 Å². The van der Waals surface area contributed by atoms with Crippen LogP contribution in [0.2, 0.25) is 0 Å². The standard InChI is InChI=1S/C25H29N3O.CH4/c1-3-27-12-14-28(15-13-27)25-21-7-5-4-6-19(21)16-24(26-25)22-11-9-18-8-10-20(29-2)17-23(18)22;/h4-8,10,16-17,22H,3,9,11-15H2,1-2H3;1H4. The van der Waals surface area contributed by atoms with Crippen LogP contribution in [0.4, 0.5) is 5.82 Å². The van der Waals surface area contributed by atoms with Crippen molar-refractivity contribution < 1.29 is 4.74 Å². The lowest BCUT2D eigenvalue weighted by atomic mass is 9.95. The first-order valence-corrected chi connectivity index (χ1v) is 10.8. The maximum absolute atomic E-state index is 5.50. The van der Waals surface area contributed by atoms with Gasteiger partial charge in [0, 0.05) is 37.5 Å². The minimum Gasteiger partial charge on any atom is -0.497 e. The molecular formula is C26H33N3O. The fourth-order valence-electron chi connectivity index (χ4n) is 4.91. The summed E-state index contributed by atoms with van der Waals surface area (Å²) < 4.78 is 5.50. The second-order valence-electron chi connectivity index (χ2n) is 8.17. The summed E-state index contributed by atoms with van der Waals surface area (Å²) in [4.78, 5) is 10.3. The summed E-state index contributed by atoms with van der Waals surface area (Å²) in [6.07, 6.45) is 2.24. The third-order valence-electron chi connectivity index (χ3n) is 6.65. The quantitative estimate of drug-likeness (QED) is 0.606. The van der Waals surface area contributed by atoms with Crippen LogP contribution >= 0.6 is 0 Å². The Kier molecular flexibility index (Phi) is 5.96. The predicted octanol–water partition coefficient (Wildman–Crippen LogP) is 5.10. The van der Waals surface area contributed by atoms with Crippen LogP contribution in [0.15, 0.2) is 48.5 Å². The van der Waals surface area contributed by atoms with E-state index in [1.807, 2.05) is 0 Å². The molecule has 2 heterocycles. The van der Waals surface area contributed by atoms with Crippen molar-refractivity contribution in [1.29, 1.82) is 0 Å². The number of aryl methyl sites for hydroxylation is 1. The Labute approximate surface area is 180 Å². The highest BCUT2D eigenvalue weighted by molar-refractivity contribution is 5.92. The van der Waals surface area contributed by atoms with Crippen LogP contribution in [-0.4, -0.2) is 49.7 Å². The van der Waals surface area contributed by atoms with Crippen molar-refractivity contribution in [2.24, 2.45) is 0 Å². The van der Waals surface area contributed by atoms with Crippen LogP contribution in [-0.2, 0) is 6.42 Å². The van der Waals surface area contributed by atoms with Gasteiger partial charge in [-0.05, 0) is 54.1 Å². The van der Waals surface area contributed by atoms with Gasteiger partial charge in [-0.25, -0.2) is 4.98 Å². The van der Waals surface area contributed by atoms with E-state index in [4.69, 9.17) is 9.72 Å². The molecular weight excluding hydrogens is 370 g/mol. The fraction of sp³-hybridized carbons (Fsp3) is 0.423. The number of fused-ring (bicyclic) bond motifs is 2. The van der Waals surface area contributed by atoms with E-state index in [0.717, 1.165) is 57.1 Å². The monoisotopic (exact) mass is 403 g/mol. The van der Waals surface area contributed by atoms with E-state index in [9.17, 15) is 0 Å². The molecule has 1 fully saturated rings. The zero-order valence-electron chi connectivity index (χ0n) is 17.4. The van der Waals surface area contributed by atoms with Crippen LogP contribution in [0.25, 0.3) is 10.8 Å². The van der Waals surface area contributed by atoms with Crippen molar-refractivity contribution in [1.82, 2.24) is 9.88 Å². The molecule has 30 heavy (non-hydrogen) atoms. The molecule has 158 valence electrons. The lowest BCUT2D eigenvalue weighted by molar-refractivity contribution is 0.270. The number of rotatable bonds is 4. The van der Waals surface area contributed by atoms with Gasteiger partial charge in [-0.1, -0.05) is 44.7 Å². The van der Waals surface area contributed by atoms with E-state index < -0.39 is 0 Å². The number of aromatic nitrogens is 1. The number of piperazine rings is 1. The lowest BCUT2D eigenvalue weighted by Crippen LogP contribution is -2.46. The number of methoxy groups -OCH3 is 1. The summed E-state index contributed by atoms with van der Waals surface area (Å²) in [5.41, 5.74) is 4.02. The number of likely N-dealkylation sites (N-methyl/N-ethyl adjacent to an activating group) is 1. The van der Waals surface area contributed by atoms with E-state index in [1.165, 1.54) is 27.6 Å². The highest BCUT2D eigenvalue weighted by atomic mass is 16.5. The number of nitrogens with zero attached hydrogens (tertiary/aromatic N) is 3. The number of hydrogen-bond donors (Lipinski definition) is 0. The van der Waals surface area contributed by atoms with Crippen molar-refractivity contribution in [3.05, 3.63) is 65.4 Å².